The van der Waals surface area contributed by atoms with E-state index < -0.39 is 0 Å². The molecule has 142 valence electrons. The number of rotatable bonds is 6. The molecule has 0 radical (unpaired) electrons. The lowest BCUT2D eigenvalue weighted by Crippen LogP contribution is -2.31. The van der Waals surface area contributed by atoms with Gasteiger partial charge in [0.25, 0.3) is 0 Å². The van der Waals surface area contributed by atoms with Gasteiger partial charge in [0.2, 0.25) is 0 Å². The second kappa shape index (κ2) is 7.92. The summed E-state index contributed by atoms with van der Waals surface area (Å²) in [5, 5.41) is 8.19. The molecule has 3 heterocycles. The van der Waals surface area contributed by atoms with Gasteiger partial charge in [-0.3, -0.25) is 0 Å². The smallest absolute Gasteiger partial charge is 0.333 e. The fourth-order valence-electron chi connectivity index (χ4n) is 3.79. The molecule has 0 amide bonds. The van der Waals surface area contributed by atoms with E-state index in [1.165, 1.54) is 0 Å². The van der Waals surface area contributed by atoms with Crippen molar-refractivity contribution in [1.29, 1.82) is 0 Å². The van der Waals surface area contributed by atoms with Crippen LogP contribution in [0.25, 0.3) is 5.69 Å². The van der Waals surface area contributed by atoms with Gasteiger partial charge in [-0.1, -0.05) is 25.1 Å². The second-order valence-corrected chi connectivity index (χ2v) is 6.97. The highest BCUT2D eigenvalue weighted by Crippen LogP contribution is 2.22. The minimum Gasteiger partial charge on any atom is -0.333 e. The fourth-order valence-corrected chi connectivity index (χ4v) is 3.79. The Kier molecular flexibility index (Phi) is 5.20. The highest BCUT2D eigenvalue weighted by atomic mass is 16.2. The van der Waals surface area contributed by atoms with E-state index >= 15 is 0 Å². The van der Waals surface area contributed by atoms with E-state index in [0.717, 1.165) is 49.7 Å². The third kappa shape index (κ3) is 3.60. The molecule has 1 unspecified atom stereocenters. The lowest BCUT2D eigenvalue weighted by molar-refractivity contribution is 0.436. The van der Waals surface area contributed by atoms with Gasteiger partial charge < -0.3 is 9.88 Å². The molecule has 0 bridgehead atoms. The quantitative estimate of drug-likeness (QED) is 0.724. The molecule has 0 aliphatic carbocycles. The van der Waals surface area contributed by atoms with Gasteiger partial charge in [0.15, 0.2) is 0 Å². The molecule has 3 aromatic rings. The molecule has 1 aromatic carbocycles. The van der Waals surface area contributed by atoms with Crippen LogP contribution in [0, 0.1) is 0 Å². The maximum atomic E-state index is 13.2. The normalized spacial score (nSPS) is 17.3. The maximum Gasteiger partial charge on any atom is 0.350 e. The highest BCUT2D eigenvalue weighted by Gasteiger charge is 2.24. The van der Waals surface area contributed by atoms with E-state index in [-0.39, 0.29) is 11.6 Å². The lowest BCUT2D eigenvalue weighted by atomic mass is 9.99. The van der Waals surface area contributed by atoms with E-state index in [1.807, 2.05) is 42.7 Å². The molecule has 1 aliphatic rings. The average Bonchev–Trinajstić information content (AvgIpc) is 3.31. The topological polar surface area (TPSA) is 69.7 Å². The summed E-state index contributed by atoms with van der Waals surface area (Å²) in [5.74, 6) is 2.15. The van der Waals surface area contributed by atoms with Crippen LogP contribution in [0.5, 0.6) is 0 Å². The standard InChI is InChI=1S/C20H26N6O/c1-2-18-22-11-12-24(18)13-14-25-20(27)26(17-8-4-3-5-9-17)19(23-25)16-7-6-10-21-15-16/h3-5,8-9,11-12,16,21H,2,6-7,10,13-15H2,1H3. The molecular formula is C20H26N6O. The maximum absolute atomic E-state index is 13.2. The van der Waals surface area contributed by atoms with E-state index in [9.17, 15) is 4.79 Å². The van der Waals surface area contributed by atoms with Gasteiger partial charge in [-0.2, -0.15) is 5.10 Å². The Morgan fingerprint density at radius 1 is 1.22 bits per heavy atom. The second-order valence-electron chi connectivity index (χ2n) is 6.97. The summed E-state index contributed by atoms with van der Waals surface area (Å²) in [6, 6.07) is 9.82. The van der Waals surface area contributed by atoms with Crippen molar-refractivity contribution >= 4 is 0 Å². The van der Waals surface area contributed by atoms with Crippen LogP contribution in [-0.2, 0) is 19.5 Å². The number of piperidine rings is 1. The first-order valence-corrected chi connectivity index (χ1v) is 9.74. The summed E-state index contributed by atoms with van der Waals surface area (Å²) in [6.45, 7) is 5.22. The van der Waals surface area contributed by atoms with Crippen molar-refractivity contribution in [2.75, 3.05) is 13.1 Å². The van der Waals surface area contributed by atoms with Crippen LogP contribution in [0.4, 0.5) is 0 Å². The predicted octanol–water partition coefficient (Wildman–Crippen LogP) is 1.96. The molecule has 7 heteroatoms. The van der Waals surface area contributed by atoms with Gasteiger partial charge in [-0.15, -0.1) is 0 Å². The molecule has 1 fully saturated rings. The molecule has 27 heavy (non-hydrogen) atoms. The highest BCUT2D eigenvalue weighted by molar-refractivity contribution is 5.33. The van der Waals surface area contributed by atoms with Crippen LogP contribution < -0.4 is 11.0 Å². The van der Waals surface area contributed by atoms with E-state index in [4.69, 9.17) is 5.10 Å². The number of aryl methyl sites for hydroxylation is 3. The number of aromatic nitrogens is 5. The lowest BCUT2D eigenvalue weighted by Gasteiger charge is -2.22. The van der Waals surface area contributed by atoms with Crippen molar-refractivity contribution in [3.05, 3.63) is 64.9 Å². The Bertz CT molecular complexity index is 933. The number of hydrogen-bond donors (Lipinski definition) is 1. The van der Waals surface area contributed by atoms with Gasteiger partial charge in [-0.05, 0) is 31.5 Å². The molecule has 0 spiro atoms. The first kappa shape index (κ1) is 17.7. The number of imidazole rings is 1. The van der Waals surface area contributed by atoms with Gasteiger partial charge in [0.1, 0.15) is 11.6 Å². The van der Waals surface area contributed by atoms with Crippen LogP contribution in [0.2, 0.25) is 0 Å². The predicted molar refractivity (Wildman–Crippen MR) is 104 cm³/mol. The Balaban J connectivity index is 1.68. The van der Waals surface area contributed by atoms with Crippen molar-refractivity contribution in [3.63, 3.8) is 0 Å². The zero-order valence-corrected chi connectivity index (χ0v) is 15.7. The average molecular weight is 366 g/mol. The van der Waals surface area contributed by atoms with E-state index in [1.54, 1.807) is 9.25 Å². The van der Waals surface area contributed by atoms with Crippen LogP contribution in [-0.4, -0.2) is 37.0 Å². The zero-order valence-electron chi connectivity index (χ0n) is 15.7. The summed E-state index contributed by atoms with van der Waals surface area (Å²) in [6.07, 6.45) is 6.81. The molecule has 1 N–H and O–H groups in total. The van der Waals surface area contributed by atoms with Crippen molar-refractivity contribution in [1.82, 2.24) is 29.2 Å². The molecule has 0 saturated carbocycles. The molecule has 2 aromatic heterocycles. The minimum absolute atomic E-state index is 0.0695. The zero-order chi connectivity index (χ0) is 18.6. The number of benzene rings is 1. The third-order valence-electron chi connectivity index (χ3n) is 5.21. The van der Waals surface area contributed by atoms with E-state index in [2.05, 4.69) is 21.8 Å². The van der Waals surface area contributed by atoms with Crippen molar-refractivity contribution in [3.8, 4) is 5.69 Å². The Morgan fingerprint density at radius 2 is 2.07 bits per heavy atom. The number of hydrogen-bond acceptors (Lipinski definition) is 4. The monoisotopic (exact) mass is 366 g/mol. The van der Waals surface area contributed by atoms with Gasteiger partial charge in [0.05, 0.1) is 12.2 Å². The summed E-state index contributed by atoms with van der Waals surface area (Å²) in [7, 11) is 0. The summed E-state index contributed by atoms with van der Waals surface area (Å²) in [5.41, 5.74) is 0.811. The molecule has 4 rings (SSSR count). The summed E-state index contributed by atoms with van der Waals surface area (Å²) < 4.78 is 5.48. The largest absolute Gasteiger partial charge is 0.350 e. The summed E-state index contributed by atoms with van der Waals surface area (Å²) in [4.78, 5) is 17.5. The number of nitrogens with one attached hydrogen (secondary N) is 1. The van der Waals surface area contributed by atoms with Crippen molar-refractivity contribution in [2.24, 2.45) is 0 Å². The molecule has 1 aliphatic heterocycles. The van der Waals surface area contributed by atoms with Crippen LogP contribution in [0.3, 0.4) is 0 Å². The van der Waals surface area contributed by atoms with Crippen LogP contribution in [0.15, 0.2) is 47.5 Å². The SMILES string of the molecule is CCc1nccn1CCn1nc(C2CCCNC2)n(-c2ccccc2)c1=O. The molecular weight excluding hydrogens is 340 g/mol. The summed E-state index contributed by atoms with van der Waals surface area (Å²) >= 11 is 0. The number of nitrogens with zero attached hydrogens (tertiary/aromatic N) is 5. The Labute approximate surface area is 158 Å². The van der Waals surface area contributed by atoms with Crippen molar-refractivity contribution in [2.45, 2.75) is 45.2 Å². The Morgan fingerprint density at radius 3 is 2.81 bits per heavy atom. The minimum atomic E-state index is -0.0695. The van der Waals surface area contributed by atoms with Gasteiger partial charge in [0, 0.05) is 37.8 Å². The van der Waals surface area contributed by atoms with Gasteiger partial charge in [-0.25, -0.2) is 19.0 Å². The van der Waals surface area contributed by atoms with Gasteiger partial charge >= 0.3 is 5.69 Å². The molecule has 7 nitrogen and oxygen atoms in total. The van der Waals surface area contributed by atoms with Crippen LogP contribution >= 0.6 is 0 Å². The third-order valence-corrected chi connectivity index (χ3v) is 5.21. The van der Waals surface area contributed by atoms with E-state index in [0.29, 0.717) is 13.1 Å². The first-order valence-electron chi connectivity index (χ1n) is 9.74. The molecule has 1 saturated heterocycles. The Hall–Kier alpha value is -2.67. The van der Waals surface area contributed by atoms with Crippen LogP contribution in [0.1, 0.15) is 37.3 Å². The van der Waals surface area contributed by atoms with Crippen molar-refractivity contribution < 1.29 is 0 Å². The number of para-hydroxylation sites is 1. The molecule has 1 atom stereocenters. The first-order chi connectivity index (χ1) is 13.3. The fraction of sp³-hybridized carbons (Fsp3) is 0.450.